The number of benzene rings is 1. The number of nitrogen functional groups attached to an aromatic ring is 1. The zero-order valence-corrected chi connectivity index (χ0v) is 13.0. The number of rotatable bonds is 6. The summed E-state index contributed by atoms with van der Waals surface area (Å²) in [5.41, 5.74) is 7.50. The van der Waals surface area contributed by atoms with Gasteiger partial charge in [0, 0.05) is 4.88 Å². The first-order valence-corrected chi connectivity index (χ1v) is 7.64. The second-order valence-electron chi connectivity index (χ2n) is 4.52. The Morgan fingerprint density at radius 2 is 2.05 bits per heavy atom. The van der Waals surface area contributed by atoms with Gasteiger partial charge in [0.2, 0.25) is 0 Å². The van der Waals surface area contributed by atoms with Gasteiger partial charge in [-0.15, -0.1) is 11.3 Å². The van der Waals surface area contributed by atoms with E-state index >= 15 is 0 Å². The van der Waals surface area contributed by atoms with Crippen LogP contribution in [0, 0.1) is 0 Å². The van der Waals surface area contributed by atoms with Gasteiger partial charge < -0.3 is 15.2 Å². The third-order valence-corrected chi connectivity index (χ3v) is 4.16. The van der Waals surface area contributed by atoms with Gasteiger partial charge in [-0.3, -0.25) is 0 Å². The standard InChI is InChI=1S/C16H19NO3S/c1-3-20-16(18)13-10-12(21-15(13)17)9-8-11-6-4-5-7-14(11)19-2/h4-7,10H,3,8-9,17H2,1-2H3. The number of carbonyl (C=O) groups is 1. The van der Waals surface area contributed by atoms with E-state index in [4.69, 9.17) is 15.2 Å². The molecule has 1 aromatic heterocycles. The SMILES string of the molecule is CCOC(=O)c1cc(CCc2ccccc2OC)sc1N. The van der Waals surface area contributed by atoms with Crippen molar-refractivity contribution in [1.82, 2.24) is 0 Å². The van der Waals surface area contributed by atoms with E-state index in [0.29, 0.717) is 17.2 Å². The van der Waals surface area contributed by atoms with Crippen LogP contribution < -0.4 is 10.5 Å². The van der Waals surface area contributed by atoms with Gasteiger partial charge in [0.15, 0.2) is 0 Å². The van der Waals surface area contributed by atoms with Gasteiger partial charge in [-0.1, -0.05) is 18.2 Å². The van der Waals surface area contributed by atoms with Crippen LogP contribution in [0.3, 0.4) is 0 Å². The van der Waals surface area contributed by atoms with Crippen LogP contribution in [0.1, 0.15) is 27.7 Å². The Labute approximate surface area is 128 Å². The normalized spacial score (nSPS) is 10.4. The molecule has 0 fully saturated rings. The van der Waals surface area contributed by atoms with Gasteiger partial charge in [-0.25, -0.2) is 4.79 Å². The second-order valence-corrected chi connectivity index (χ2v) is 5.69. The number of hydrogen-bond acceptors (Lipinski definition) is 5. The Kier molecular flexibility index (Phi) is 5.22. The number of thiophene rings is 1. The monoisotopic (exact) mass is 305 g/mol. The number of aryl methyl sites for hydroxylation is 2. The number of nitrogens with two attached hydrogens (primary N) is 1. The van der Waals surface area contributed by atoms with Crippen molar-refractivity contribution >= 4 is 22.3 Å². The molecule has 0 aliphatic heterocycles. The summed E-state index contributed by atoms with van der Waals surface area (Å²) in [4.78, 5) is 12.8. The van der Waals surface area contributed by atoms with E-state index in [2.05, 4.69) is 0 Å². The molecular weight excluding hydrogens is 286 g/mol. The molecule has 112 valence electrons. The Morgan fingerprint density at radius 1 is 1.29 bits per heavy atom. The summed E-state index contributed by atoms with van der Waals surface area (Å²) in [6.45, 7) is 2.13. The van der Waals surface area contributed by atoms with Crippen molar-refractivity contribution in [1.29, 1.82) is 0 Å². The average molecular weight is 305 g/mol. The van der Waals surface area contributed by atoms with Gasteiger partial charge in [0.1, 0.15) is 10.8 Å². The van der Waals surface area contributed by atoms with Crippen LogP contribution in [0.5, 0.6) is 5.75 Å². The minimum absolute atomic E-state index is 0.352. The van der Waals surface area contributed by atoms with Crippen molar-refractivity contribution in [2.24, 2.45) is 0 Å². The highest BCUT2D eigenvalue weighted by atomic mass is 32.1. The zero-order valence-electron chi connectivity index (χ0n) is 12.2. The Balaban J connectivity index is 2.07. The van der Waals surface area contributed by atoms with E-state index in [0.717, 1.165) is 29.0 Å². The summed E-state index contributed by atoms with van der Waals surface area (Å²) in [7, 11) is 1.67. The molecule has 0 saturated heterocycles. The molecule has 4 nitrogen and oxygen atoms in total. The average Bonchev–Trinajstić information content (AvgIpc) is 2.87. The predicted octanol–water partition coefficient (Wildman–Crippen LogP) is 3.30. The highest BCUT2D eigenvalue weighted by Gasteiger charge is 2.15. The highest BCUT2D eigenvalue weighted by Crippen LogP contribution is 2.28. The minimum atomic E-state index is -0.352. The molecule has 0 radical (unpaired) electrons. The first-order valence-electron chi connectivity index (χ1n) is 6.83. The molecule has 5 heteroatoms. The van der Waals surface area contributed by atoms with Crippen molar-refractivity contribution in [3.05, 3.63) is 46.3 Å². The van der Waals surface area contributed by atoms with E-state index in [-0.39, 0.29) is 5.97 Å². The fourth-order valence-corrected chi connectivity index (χ4v) is 3.03. The molecule has 1 heterocycles. The molecule has 0 saturated carbocycles. The summed E-state index contributed by atoms with van der Waals surface area (Å²) in [5.74, 6) is 0.530. The fourth-order valence-electron chi connectivity index (χ4n) is 2.12. The third-order valence-electron chi connectivity index (χ3n) is 3.14. The number of methoxy groups -OCH3 is 1. The molecule has 1 aromatic carbocycles. The predicted molar refractivity (Wildman–Crippen MR) is 85.1 cm³/mol. The lowest BCUT2D eigenvalue weighted by Gasteiger charge is -2.06. The lowest BCUT2D eigenvalue weighted by atomic mass is 10.1. The maximum absolute atomic E-state index is 11.7. The lowest BCUT2D eigenvalue weighted by Crippen LogP contribution is -2.05. The van der Waals surface area contributed by atoms with E-state index in [9.17, 15) is 4.79 Å². The van der Waals surface area contributed by atoms with Gasteiger partial charge in [-0.2, -0.15) is 0 Å². The first-order chi connectivity index (χ1) is 10.2. The number of hydrogen-bond donors (Lipinski definition) is 1. The molecule has 0 bridgehead atoms. The smallest absolute Gasteiger partial charge is 0.341 e. The van der Waals surface area contributed by atoms with Crippen LogP contribution in [0.25, 0.3) is 0 Å². The van der Waals surface area contributed by atoms with Crippen LogP contribution in [0.2, 0.25) is 0 Å². The molecule has 2 rings (SSSR count). The topological polar surface area (TPSA) is 61.5 Å². The van der Waals surface area contributed by atoms with Gasteiger partial charge in [0.25, 0.3) is 0 Å². The molecule has 0 aliphatic rings. The molecule has 21 heavy (non-hydrogen) atoms. The van der Waals surface area contributed by atoms with E-state index in [1.807, 2.05) is 30.3 Å². The summed E-state index contributed by atoms with van der Waals surface area (Å²) in [6.07, 6.45) is 1.65. The van der Waals surface area contributed by atoms with Crippen LogP contribution in [0.15, 0.2) is 30.3 Å². The number of carbonyl (C=O) groups excluding carboxylic acids is 1. The quantitative estimate of drug-likeness (QED) is 0.832. The summed E-state index contributed by atoms with van der Waals surface area (Å²) >= 11 is 1.44. The molecule has 0 spiro atoms. The fraction of sp³-hybridized carbons (Fsp3) is 0.312. The Hall–Kier alpha value is -2.01. The highest BCUT2D eigenvalue weighted by molar-refractivity contribution is 7.16. The molecule has 0 aliphatic carbocycles. The summed E-state index contributed by atoms with van der Waals surface area (Å²) in [5, 5.41) is 0.517. The third kappa shape index (κ3) is 3.76. The number of anilines is 1. The molecule has 2 N–H and O–H groups in total. The van der Waals surface area contributed by atoms with Gasteiger partial charge in [-0.05, 0) is 37.5 Å². The number of para-hydroxylation sites is 1. The number of esters is 1. The van der Waals surface area contributed by atoms with Crippen LogP contribution in [0.4, 0.5) is 5.00 Å². The van der Waals surface area contributed by atoms with Gasteiger partial charge in [0.05, 0.1) is 19.3 Å². The van der Waals surface area contributed by atoms with Crippen molar-refractivity contribution in [2.75, 3.05) is 19.5 Å². The molecule has 0 unspecified atom stereocenters. The Morgan fingerprint density at radius 3 is 2.76 bits per heavy atom. The van der Waals surface area contributed by atoms with E-state index in [1.54, 1.807) is 14.0 Å². The van der Waals surface area contributed by atoms with Crippen molar-refractivity contribution < 1.29 is 14.3 Å². The number of ether oxygens (including phenoxy) is 2. The minimum Gasteiger partial charge on any atom is -0.496 e. The van der Waals surface area contributed by atoms with Gasteiger partial charge >= 0.3 is 5.97 Å². The lowest BCUT2D eigenvalue weighted by molar-refractivity contribution is 0.0528. The van der Waals surface area contributed by atoms with Crippen molar-refractivity contribution in [2.45, 2.75) is 19.8 Å². The first kappa shape index (κ1) is 15.4. The van der Waals surface area contributed by atoms with Crippen LogP contribution >= 0.6 is 11.3 Å². The van der Waals surface area contributed by atoms with Crippen molar-refractivity contribution in [3.8, 4) is 5.75 Å². The van der Waals surface area contributed by atoms with Crippen LogP contribution in [-0.2, 0) is 17.6 Å². The Bertz CT molecular complexity index is 622. The summed E-state index contributed by atoms with van der Waals surface area (Å²) in [6, 6.07) is 9.76. The molecule has 2 aromatic rings. The maximum Gasteiger partial charge on any atom is 0.341 e. The van der Waals surface area contributed by atoms with Crippen LogP contribution in [-0.4, -0.2) is 19.7 Å². The molecule has 0 amide bonds. The molecule has 0 atom stereocenters. The van der Waals surface area contributed by atoms with Crippen molar-refractivity contribution in [3.63, 3.8) is 0 Å². The zero-order chi connectivity index (χ0) is 15.2. The van der Waals surface area contributed by atoms with E-state index in [1.165, 1.54) is 11.3 Å². The largest absolute Gasteiger partial charge is 0.496 e. The summed E-state index contributed by atoms with van der Waals surface area (Å²) < 4.78 is 10.3. The second kappa shape index (κ2) is 7.13. The maximum atomic E-state index is 11.7. The van der Waals surface area contributed by atoms with E-state index < -0.39 is 0 Å². The molecular formula is C16H19NO3S.